The molecule has 0 bridgehead atoms. The number of allylic oxidation sites excluding steroid dienone is 1. The monoisotopic (exact) mass is 369 g/mol. The van der Waals surface area contributed by atoms with Crippen molar-refractivity contribution in [1.29, 1.82) is 5.26 Å². The highest BCUT2D eigenvalue weighted by molar-refractivity contribution is 9.10. The number of anilines is 1. The number of fused-ring (bicyclic) bond motifs is 1. The summed E-state index contributed by atoms with van der Waals surface area (Å²) in [6, 6.07) is 16.1. The third-order valence-electron chi connectivity index (χ3n) is 3.92. The third kappa shape index (κ3) is 2.78. The first-order valence-corrected chi connectivity index (χ1v) is 7.95. The number of nitrogens with zero attached hydrogens (tertiary/aromatic N) is 2. The highest BCUT2D eigenvalue weighted by Gasteiger charge is 2.30. The SMILES string of the molecule is CN(C)c1ccc2c(c1)OC(N)=C(C#N)[C@H]2c1ccc(Br)cc1. The summed E-state index contributed by atoms with van der Waals surface area (Å²) < 4.78 is 6.69. The Morgan fingerprint density at radius 1 is 1.17 bits per heavy atom. The van der Waals surface area contributed by atoms with E-state index in [1.54, 1.807) is 0 Å². The Morgan fingerprint density at radius 3 is 2.48 bits per heavy atom. The number of hydrogen-bond donors (Lipinski definition) is 1. The van der Waals surface area contributed by atoms with Gasteiger partial charge in [-0.2, -0.15) is 5.26 Å². The van der Waals surface area contributed by atoms with Gasteiger partial charge >= 0.3 is 0 Å². The number of halogens is 1. The van der Waals surface area contributed by atoms with Gasteiger partial charge in [0, 0.05) is 35.9 Å². The minimum absolute atomic E-state index is 0.170. The second-order valence-corrected chi connectivity index (χ2v) is 6.51. The van der Waals surface area contributed by atoms with E-state index in [0.717, 1.165) is 21.3 Å². The molecule has 1 aliphatic heterocycles. The van der Waals surface area contributed by atoms with Crippen LogP contribution in [0.1, 0.15) is 17.0 Å². The van der Waals surface area contributed by atoms with Gasteiger partial charge in [-0.3, -0.25) is 0 Å². The van der Waals surface area contributed by atoms with Gasteiger partial charge in [0.05, 0.1) is 5.92 Å². The van der Waals surface area contributed by atoms with E-state index >= 15 is 0 Å². The van der Waals surface area contributed by atoms with Crippen molar-refractivity contribution in [2.45, 2.75) is 5.92 Å². The smallest absolute Gasteiger partial charge is 0.205 e. The molecule has 3 rings (SSSR count). The van der Waals surface area contributed by atoms with Gasteiger partial charge in [0.25, 0.3) is 0 Å². The number of benzene rings is 2. The molecule has 0 aromatic heterocycles. The molecule has 1 heterocycles. The average molecular weight is 370 g/mol. The molecule has 0 fully saturated rings. The largest absolute Gasteiger partial charge is 0.440 e. The van der Waals surface area contributed by atoms with Crippen molar-refractivity contribution in [3.8, 4) is 11.8 Å². The Balaban J connectivity index is 2.17. The molecule has 2 aromatic rings. The predicted molar refractivity (Wildman–Crippen MR) is 94.2 cm³/mol. The average Bonchev–Trinajstić information content (AvgIpc) is 2.53. The molecule has 1 atom stereocenters. The predicted octanol–water partition coefficient (Wildman–Crippen LogP) is 3.73. The lowest BCUT2D eigenvalue weighted by Crippen LogP contribution is -2.21. The van der Waals surface area contributed by atoms with Crippen molar-refractivity contribution in [2.75, 3.05) is 19.0 Å². The van der Waals surface area contributed by atoms with E-state index in [4.69, 9.17) is 10.5 Å². The van der Waals surface area contributed by atoms with Crippen LogP contribution in [-0.2, 0) is 0 Å². The zero-order valence-corrected chi connectivity index (χ0v) is 14.5. The molecule has 0 radical (unpaired) electrons. The van der Waals surface area contributed by atoms with Gasteiger partial charge in [-0.25, -0.2) is 0 Å². The fraction of sp³-hybridized carbons (Fsp3) is 0.167. The van der Waals surface area contributed by atoms with Crippen LogP contribution in [0.4, 0.5) is 5.69 Å². The van der Waals surface area contributed by atoms with Crippen molar-refractivity contribution in [2.24, 2.45) is 5.73 Å². The van der Waals surface area contributed by atoms with Crippen LogP contribution in [0.2, 0.25) is 0 Å². The minimum atomic E-state index is -0.215. The molecule has 0 aliphatic carbocycles. The van der Waals surface area contributed by atoms with Gasteiger partial charge in [0.15, 0.2) is 0 Å². The standard InChI is InChI=1S/C18H16BrN3O/c1-22(2)13-7-8-14-16(9-13)23-18(21)15(10-20)17(14)11-3-5-12(19)6-4-11/h3-9,17H,21H2,1-2H3/t17-/m0/s1. The zero-order chi connectivity index (χ0) is 16.6. The van der Waals surface area contributed by atoms with Gasteiger partial charge < -0.3 is 15.4 Å². The number of ether oxygens (including phenoxy) is 1. The van der Waals surface area contributed by atoms with Crippen molar-refractivity contribution in [1.82, 2.24) is 0 Å². The van der Waals surface area contributed by atoms with Crippen molar-refractivity contribution in [3.63, 3.8) is 0 Å². The first-order valence-electron chi connectivity index (χ1n) is 7.15. The van der Waals surface area contributed by atoms with Gasteiger partial charge in [-0.1, -0.05) is 34.1 Å². The summed E-state index contributed by atoms with van der Waals surface area (Å²) in [5, 5.41) is 9.53. The van der Waals surface area contributed by atoms with Crippen molar-refractivity contribution < 1.29 is 4.74 Å². The Bertz CT molecular complexity index is 819. The molecule has 5 heteroatoms. The van der Waals surface area contributed by atoms with Crippen LogP contribution in [0, 0.1) is 11.3 Å². The molecule has 1 aliphatic rings. The number of rotatable bonds is 2. The lowest BCUT2D eigenvalue weighted by molar-refractivity contribution is 0.394. The normalized spacial score (nSPS) is 16.3. The molecule has 0 saturated heterocycles. The molecule has 2 aromatic carbocycles. The molecule has 0 unspecified atom stereocenters. The number of nitriles is 1. The topological polar surface area (TPSA) is 62.3 Å². The molecule has 0 saturated carbocycles. The first-order chi connectivity index (χ1) is 11.0. The molecular weight excluding hydrogens is 354 g/mol. The highest BCUT2D eigenvalue weighted by atomic mass is 79.9. The maximum absolute atomic E-state index is 9.53. The Morgan fingerprint density at radius 2 is 1.87 bits per heavy atom. The lowest BCUT2D eigenvalue weighted by atomic mass is 9.83. The number of hydrogen-bond acceptors (Lipinski definition) is 4. The fourth-order valence-electron chi connectivity index (χ4n) is 2.72. The zero-order valence-electron chi connectivity index (χ0n) is 12.9. The van der Waals surface area contributed by atoms with Crippen LogP contribution in [0.5, 0.6) is 5.75 Å². The summed E-state index contributed by atoms with van der Waals surface area (Å²) in [4.78, 5) is 2.00. The van der Waals surface area contributed by atoms with E-state index in [9.17, 15) is 5.26 Å². The lowest BCUT2D eigenvalue weighted by Gasteiger charge is -2.27. The molecule has 4 nitrogen and oxygen atoms in total. The summed E-state index contributed by atoms with van der Waals surface area (Å²) in [6.07, 6.45) is 0. The molecule has 116 valence electrons. The summed E-state index contributed by atoms with van der Waals surface area (Å²) >= 11 is 3.44. The van der Waals surface area contributed by atoms with Crippen LogP contribution in [-0.4, -0.2) is 14.1 Å². The van der Waals surface area contributed by atoms with Crippen LogP contribution in [0.3, 0.4) is 0 Å². The Labute approximate surface area is 143 Å². The maximum atomic E-state index is 9.53. The summed E-state index contributed by atoms with van der Waals surface area (Å²) in [6.45, 7) is 0. The molecule has 0 spiro atoms. The van der Waals surface area contributed by atoms with Gasteiger partial charge in [-0.05, 0) is 23.8 Å². The van der Waals surface area contributed by atoms with E-state index in [1.165, 1.54) is 0 Å². The number of nitrogens with two attached hydrogens (primary N) is 1. The fourth-order valence-corrected chi connectivity index (χ4v) is 2.98. The first kappa shape index (κ1) is 15.4. The highest BCUT2D eigenvalue weighted by Crippen LogP contribution is 2.43. The van der Waals surface area contributed by atoms with Crippen LogP contribution in [0.15, 0.2) is 58.4 Å². The quantitative estimate of drug-likeness (QED) is 0.875. The third-order valence-corrected chi connectivity index (χ3v) is 4.45. The second-order valence-electron chi connectivity index (χ2n) is 5.59. The van der Waals surface area contributed by atoms with Crippen LogP contribution in [0.25, 0.3) is 0 Å². The molecule has 2 N–H and O–H groups in total. The van der Waals surface area contributed by atoms with E-state index in [2.05, 4.69) is 22.0 Å². The van der Waals surface area contributed by atoms with Gasteiger partial charge in [-0.15, -0.1) is 0 Å². The Hall–Kier alpha value is -2.45. The molecular formula is C18H16BrN3O. The van der Waals surface area contributed by atoms with E-state index in [0.29, 0.717) is 11.3 Å². The Kier molecular flexibility index (Phi) is 4.01. The maximum Gasteiger partial charge on any atom is 0.205 e. The van der Waals surface area contributed by atoms with Gasteiger partial charge in [0.2, 0.25) is 5.88 Å². The summed E-state index contributed by atoms with van der Waals surface area (Å²) in [5.74, 6) is 0.650. The second kappa shape index (κ2) is 5.98. The van der Waals surface area contributed by atoms with E-state index < -0.39 is 0 Å². The van der Waals surface area contributed by atoms with Crippen LogP contribution < -0.4 is 15.4 Å². The van der Waals surface area contributed by atoms with E-state index in [-0.39, 0.29) is 11.8 Å². The summed E-state index contributed by atoms with van der Waals surface area (Å²) in [5.41, 5.74) is 9.42. The van der Waals surface area contributed by atoms with Crippen LogP contribution >= 0.6 is 15.9 Å². The molecule has 0 amide bonds. The minimum Gasteiger partial charge on any atom is -0.440 e. The van der Waals surface area contributed by atoms with Crippen molar-refractivity contribution >= 4 is 21.6 Å². The summed E-state index contributed by atoms with van der Waals surface area (Å²) in [7, 11) is 3.94. The van der Waals surface area contributed by atoms with E-state index in [1.807, 2.05) is 61.5 Å². The molecule has 23 heavy (non-hydrogen) atoms. The van der Waals surface area contributed by atoms with Crippen molar-refractivity contribution in [3.05, 3.63) is 69.5 Å². The van der Waals surface area contributed by atoms with Gasteiger partial charge in [0.1, 0.15) is 17.4 Å².